The van der Waals surface area contributed by atoms with Crippen molar-refractivity contribution < 1.29 is 4.79 Å². The summed E-state index contributed by atoms with van der Waals surface area (Å²) in [5, 5.41) is 13.7. The van der Waals surface area contributed by atoms with Crippen molar-refractivity contribution in [2.45, 2.75) is 32.7 Å². The number of aryl methyl sites for hydroxylation is 1. The fourth-order valence-electron chi connectivity index (χ4n) is 3.64. The summed E-state index contributed by atoms with van der Waals surface area (Å²) in [6.07, 6.45) is 4.19. The summed E-state index contributed by atoms with van der Waals surface area (Å²) in [6, 6.07) is 11.6. The Morgan fingerprint density at radius 1 is 1.31 bits per heavy atom. The van der Waals surface area contributed by atoms with Gasteiger partial charge in [-0.05, 0) is 56.9 Å². The lowest BCUT2D eigenvalue weighted by molar-refractivity contribution is 0.102. The number of carbonyl (C=O) groups excluding carboxylic acids is 1. The van der Waals surface area contributed by atoms with Crippen LogP contribution in [0.5, 0.6) is 0 Å². The van der Waals surface area contributed by atoms with Crippen LogP contribution < -0.4 is 5.32 Å². The standard InChI is InChI=1S/C21H20ClN5OS/c1-12-17-11-18(29-21(17)27(25-12)16-5-3-4-15(22)10-16)20(28)24-19-8-9-23-26(19)13(2)14-6-7-14/h3-5,8-11,13-14H,6-7H2,1-2H3,(H,24,28). The molecule has 1 aromatic carbocycles. The summed E-state index contributed by atoms with van der Waals surface area (Å²) in [7, 11) is 0. The third-order valence-electron chi connectivity index (χ3n) is 5.42. The van der Waals surface area contributed by atoms with Crippen molar-refractivity contribution in [3.63, 3.8) is 0 Å². The van der Waals surface area contributed by atoms with Crippen molar-refractivity contribution in [3.8, 4) is 5.69 Å². The van der Waals surface area contributed by atoms with Crippen LogP contribution in [0.4, 0.5) is 5.82 Å². The summed E-state index contributed by atoms with van der Waals surface area (Å²) < 4.78 is 3.76. The molecule has 6 nitrogen and oxygen atoms in total. The normalized spacial score (nSPS) is 15.0. The summed E-state index contributed by atoms with van der Waals surface area (Å²) in [6.45, 7) is 4.10. The molecule has 0 spiro atoms. The van der Waals surface area contributed by atoms with Gasteiger partial charge in [0.1, 0.15) is 10.6 Å². The van der Waals surface area contributed by atoms with Crippen LogP contribution >= 0.6 is 22.9 Å². The van der Waals surface area contributed by atoms with Gasteiger partial charge < -0.3 is 5.32 Å². The van der Waals surface area contributed by atoms with Gasteiger partial charge in [-0.1, -0.05) is 17.7 Å². The maximum atomic E-state index is 13.0. The Morgan fingerprint density at radius 2 is 2.14 bits per heavy atom. The molecule has 1 amide bonds. The lowest BCUT2D eigenvalue weighted by Gasteiger charge is -2.15. The summed E-state index contributed by atoms with van der Waals surface area (Å²) in [4.78, 5) is 14.5. The first kappa shape index (κ1) is 18.4. The Kier molecular flexibility index (Phi) is 4.44. The minimum atomic E-state index is -0.131. The van der Waals surface area contributed by atoms with E-state index >= 15 is 0 Å². The number of rotatable bonds is 5. The molecule has 0 bridgehead atoms. The molecule has 1 N–H and O–H groups in total. The molecule has 148 valence electrons. The molecule has 3 heterocycles. The lowest BCUT2D eigenvalue weighted by atomic mass is 10.2. The van der Waals surface area contributed by atoms with E-state index in [0.717, 1.165) is 27.4 Å². The van der Waals surface area contributed by atoms with Crippen LogP contribution in [-0.4, -0.2) is 25.5 Å². The monoisotopic (exact) mass is 425 g/mol. The lowest BCUT2D eigenvalue weighted by Crippen LogP contribution is -2.17. The quantitative estimate of drug-likeness (QED) is 0.461. The molecule has 4 aromatic rings. The fourth-order valence-corrected chi connectivity index (χ4v) is 4.90. The van der Waals surface area contributed by atoms with Crippen molar-refractivity contribution in [1.82, 2.24) is 19.6 Å². The molecule has 0 radical (unpaired) electrons. The van der Waals surface area contributed by atoms with Gasteiger partial charge in [0.05, 0.1) is 28.5 Å². The van der Waals surface area contributed by atoms with Crippen LogP contribution in [0.25, 0.3) is 15.9 Å². The van der Waals surface area contributed by atoms with E-state index < -0.39 is 0 Å². The average molecular weight is 426 g/mol. The highest BCUT2D eigenvalue weighted by Gasteiger charge is 2.31. The predicted octanol–water partition coefficient (Wildman–Crippen LogP) is 5.47. The zero-order valence-electron chi connectivity index (χ0n) is 16.1. The highest BCUT2D eigenvalue weighted by atomic mass is 35.5. The fraction of sp³-hybridized carbons (Fsp3) is 0.286. The minimum absolute atomic E-state index is 0.131. The van der Waals surface area contributed by atoms with E-state index in [1.807, 2.05) is 52.7 Å². The van der Waals surface area contributed by atoms with Crippen molar-refractivity contribution in [1.29, 1.82) is 0 Å². The van der Waals surface area contributed by atoms with E-state index in [-0.39, 0.29) is 5.91 Å². The highest BCUT2D eigenvalue weighted by Crippen LogP contribution is 2.40. The van der Waals surface area contributed by atoms with Crippen LogP contribution in [0.1, 0.15) is 41.2 Å². The maximum absolute atomic E-state index is 13.0. The molecule has 0 saturated heterocycles. The van der Waals surface area contributed by atoms with E-state index in [1.165, 1.54) is 24.2 Å². The number of carbonyl (C=O) groups is 1. The zero-order chi connectivity index (χ0) is 20.1. The Labute approximate surface area is 177 Å². The van der Waals surface area contributed by atoms with E-state index in [1.54, 1.807) is 6.20 Å². The number of benzene rings is 1. The van der Waals surface area contributed by atoms with Crippen LogP contribution in [0, 0.1) is 12.8 Å². The molecular formula is C21H20ClN5OS. The van der Waals surface area contributed by atoms with Crippen molar-refractivity contribution in [2.75, 3.05) is 5.32 Å². The van der Waals surface area contributed by atoms with E-state index in [4.69, 9.17) is 11.6 Å². The third-order valence-corrected chi connectivity index (χ3v) is 6.77. The number of halogens is 1. The Hall–Kier alpha value is -2.64. The number of nitrogens with one attached hydrogen (secondary N) is 1. The smallest absolute Gasteiger partial charge is 0.266 e. The topological polar surface area (TPSA) is 64.7 Å². The number of anilines is 1. The molecule has 29 heavy (non-hydrogen) atoms. The number of aromatic nitrogens is 4. The number of nitrogens with zero attached hydrogens (tertiary/aromatic N) is 4. The number of thiophene rings is 1. The van der Waals surface area contributed by atoms with Crippen LogP contribution in [-0.2, 0) is 0 Å². The van der Waals surface area contributed by atoms with Gasteiger partial charge in [0.25, 0.3) is 5.91 Å². The SMILES string of the molecule is Cc1nn(-c2cccc(Cl)c2)c2sc(C(=O)Nc3ccnn3C(C)C3CC3)cc12. The summed E-state index contributed by atoms with van der Waals surface area (Å²) in [5.74, 6) is 1.26. The third kappa shape index (κ3) is 3.34. The van der Waals surface area contributed by atoms with Crippen LogP contribution in [0.15, 0.2) is 42.6 Å². The number of hydrogen-bond donors (Lipinski definition) is 1. The van der Waals surface area contributed by atoms with Gasteiger partial charge in [-0.15, -0.1) is 11.3 Å². The van der Waals surface area contributed by atoms with E-state index in [2.05, 4.69) is 22.4 Å². The molecule has 1 fully saturated rings. The summed E-state index contributed by atoms with van der Waals surface area (Å²) in [5.41, 5.74) is 1.75. The summed E-state index contributed by atoms with van der Waals surface area (Å²) >= 11 is 7.57. The van der Waals surface area contributed by atoms with Gasteiger partial charge in [-0.25, -0.2) is 9.36 Å². The van der Waals surface area contributed by atoms with Crippen LogP contribution in [0.3, 0.4) is 0 Å². The average Bonchev–Trinajstić information content (AvgIpc) is 3.16. The molecule has 1 unspecified atom stereocenters. The van der Waals surface area contributed by atoms with Crippen molar-refractivity contribution in [3.05, 3.63) is 58.2 Å². The first-order chi connectivity index (χ1) is 14.0. The van der Waals surface area contributed by atoms with Gasteiger partial charge in [0.15, 0.2) is 0 Å². The molecule has 3 aromatic heterocycles. The molecule has 1 saturated carbocycles. The van der Waals surface area contributed by atoms with E-state index in [9.17, 15) is 4.79 Å². The Bertz CT molecular complexity index is 1220. The molecule has 1 aliphatic rings. The Balaban J connectivity index is 1.46. The minimum Gasteiger partial charge on any atom is -0.306 e. The van der Waals surface area contributed by atoms with Gasteiger partial charge in [-0.2, -0.15) is 10.2 Å². The Morgan fingerprint density at radius 3 is 2.90 bits per heavy atom. The molecule has 0 aliphatic heterocycles. The van der Waals surface area contributed by atoms with Gasteiger partial charge >= 0.3 is 0 Å². The number of amides is 1. The number of hydrogen-bond acceptors (Lipinski definition) is 4. The first-order valence-corrected chi connectivity index (χ1v) is 10.8. The highest BCUT2D eigenvalue weighted by molar-refractivity contribution is 7.20. The van der Waals surface area contributed by atoms with E-state index in [0.29, 0.717) is 21.9 Å². The predicted molar refractivity (Wildman–Crippen MR) is 116 cm³/mol. The zero-order valence-corrected chi connectivity index (χ0v) is 17.7. The molecule has 5 rings (SSSR count). The van der Waals surface area contributed by atoms with Crippen molar-refractivity contribution >= 4 is 44.9 Å². The van der Waals surface area contributed by atoms with Gasteiger partial charge in [-0.3, -0.25) is 4.79 Å². The largest absolute Gasteiger partial charge is 0.306 e. The van der Waals surface area contributed by atoms with Gasteiger partial charge in [0.2, 0.25) is 0 Å². The molecule has 1 atom stereocenters. The second-order valence-electron chi connectivity index (χ2n) is 7.50. The van der Waals surface area contributed by atoms with Gasteiger partial charge in [0, 0.05) is 16.5 Å². The molecule has 8 heteroatoms. The number of fused-ring (bicyclic) bond motifs is 1. The molecular weight excluding hydrogens is 406 g/mol. The van der Waals surface area contributed by atoms with Crippen molar-refractivity contribution in [2.24, 2.45) is 5.92 Å². The van der Waals surface area contributed by atoms with Crippen LogP contribution in [0.2, 0.25) is 5.02 Å². The first-order valence-electron chi connectivity index (χ1n) is 9.61. The molecule has 1 aliphatic carbocycles. The second-order valence-corrected chi connectivity index (χ2v) is 8.97. The maximum Gasteiger partial charge on any atom is 0.266 e. The second kappa shape index (κ2) is 7.00.